The van der Waals surface area contributed by atoms with Crippen LogP contribution in [0.15, 0.2) is 30.3 Å². The maximum Gasteiger partial charge on any atom is 0.185 e. The fourth-order valence-corrected chi connectivity index (χ4v) is 2.72. The molecule has 0 atom stereocenters. The molecule has 1 heterocycles. The molecule has 0 unspecified atom stereocenters. The molecule has 0 fully saturated rings. The van der Waals surface area contributed by atoms with Crippen LogP contribution in [0.4, 0.5) is 5.13 Å². The van der Waals surface area contributed by atoms with E-state index in [0.717, 1.165) is 23.9 Å². The monoisotopic (exact) mass is 261 g/mol. The van der Waals surface area contributed by atoms with Gasteiger partial charge in [-0.1, -0.05) is 48.6 Å². The molecule has 0 amide bonds. The third-order valence-corrected chi connectivity index (χ3v) is 3.96. The Morgan fingerprint density at radius 2 is 1.94 bits per heavy atom. The average Bonchev–Trinajstić information content (AvgIpc) is 2.81. The van der Waals surface area contributed by atoms with Crippen molar-refractivity contribution in [1.29, 1.82) is 0 Å². The summed E-state index contributed by atoms with van der Waals surface area (Å²) >= 11 is 1.75. The van der Waals surface area contributed by atoms with Crippen LogP contribution in [0.3, 0.4) is 0 Å². The second kappa shape index (κ2) is 5.98. The molecule has 96 valence electrons. The Kier molecular flexibility index (Phi) is 4.33. The lowest BCUT2D eigenvalue weighted by Gasteiger charge is -2.05. The van der Waals surface area contributed by atoms with Crippen LogP contribution in [-0.2, 0) is 6.54 Å². The fourth-order valence-electron chi connectivity index (χ4n) is 1.71. The number of nitrogens with zero attached hydrogens (tertiary/aromatic N) is 2. The zero-order chi connectivity index (χ0) is 13.0. The number of nitrogens with one attached hydrogen (secondary N) is 1. The molecule has 0 saturated carbocycles. The molecular formula is C14H19N3S. The maximum absolute atomic E-state index is 4.71. The summed E-state index contributed by atoms with van der Waals surface area (Å²) in [5, 5.41) is 4.41. The molecule has 18 heavy (non-hydrogen) atoms. The largest absolute Gasteiger partial charge is 0.354 e. The van der Waals surface area contributed by atoms with Crippen LogP contribution in [0.1, 0.15) is 12.6 Å². The van der Waals surface area contributed by atoms with E-state index in [1.165, 1.54) is 10.4 Å². The van der Waals surface area contributed by atoms with Crippen LogP contribution in [0.5, 0.6) is 0 Å². The topological polar surface area (TPSA) is 28.2 Å². The second-order valence-electron chi connectivity index (χ2n) is 4.31. The molecule has 0 saturated heterocycles. The highest BCUT2D eigenvalue weighted by Gasteiger charge is 2.13. The lowest BCUT2D eigenvalue weighted by atomic mass is 10.1. The van der Waals surface area contributed by atoms with Gasteiger partial charge in [-0.25, -0.2) is 4.98 Å². The fraction of sp³-hybridized carbons (Fsp3) is 0.357. The predicted octanol–water partition coefficient (Wildman–Crippen LogP) is 2.99. The van der Waals surface area contributed by atoms with Gasteiger partial charge in [0.1, 0.15) is 0 Å². The molecule has 0 radical (unpaired) electrons. The third-order valence-electron chi connectivity index (χ3n) is 2.65. The maximum atomic E-state index is 4.71. The third kappa shape index (κ3) is 2.89. The van der Waals surface area contributed by atoms with Crippen molar-refractivity contribution in [1.82, 2.24) is 10.3 Å². The lowest BCUT2D eigenvalue weighted by molar-refractivity contribution is 0.715. The summed E-state index contributed by atoms with van der Waals surface area (Å²) in [7, 11) is 4.06. The van der Waals surface area contributed by atoms with E-state index in [0.29, 0.717) is 0 Å². The zero-order valence-electron chi connectivity index (χ0n) is 11.1. The number of thiazole rings is 1. The predicted molar refractivity (Wildman–Crippen MR) is 79.3 cm³/mol. The summed E-state index contributed by atoms with van der Waals surface area (Å²) in [5.41, 5.74) is 2.38. The molecule has 0 aliphatic carbocycles. The van der Waals surface area contributed by atoms with E-state index in [4.69, 9.17) is 4.98 Å². The Hall–Kier alpha value is -1.39. The summed E-state index contributed by atoms with van der Waals surface area (Å²) in [5.74, 6) is 0. The Morgan fingerprint density at radius 1 is 1.22 bits per heavy atom. The molecular weight excluding hydrogens is 242 g/mol. The number of benzene rings is 1. The van der Waals surface area contributed by atoms with Gasteiger partial charge in [-0.3, -0.25) is 0 Å². The van der Waals surface area contributed by atoms with E-state index in [9.17, 15) is 0 Å². The zero-order valence-corrected chi connectivity index (χ0v) is 11.9. The summed E-state index contributed by atoms with van der Waals surface area (Å²) in [6, 6.07) is 10.5. The minimum absolute atomic E-state index is 0.824. The molecule has 3 nitrogen and oxygen atoms in total. The van der Waals surface area contributed by atoms with E-state index in [2.05, 4.69) is 41.4 Å². The van der Waals surface area contributed by atoms with E-state index in [1.807, 2.05) is 20.2 Å². The molecule has 1 aromatic heterocycles. The van der Waals surface area contributed by atoms with Crippen molar-refractivity contribution >= 4 is 16.5 Å². The van der Waals surface area contributed by atoms with Crippen molar-refractivity contribution in [3.05, 3.63) is 36.0 Å². The normalized spacial score (nSPS) is 10.6. The van der Waals surface area contributed by atoms with Gasteiger partial charge >= 0.3 is 0 Å². The van der Waals surface area contributed by atoms with Crippen LogP contribution in [0.25, 0.3) is 10.4 Å². The SMILES string of the molecule is CCNCc1nc(N(C)C)sc1-c1ccccc1. The van der Waals surface area contributed by atoms with Crippen LogP contribution >= 0.6 is 11.3 Å². The highest BCUT2D eigenvalue weighted by atomic mass is 32.1. The van der Waals surface area contributed by atoms with Crippen molar-refractivity contribution in [3.63, 3.8) is 0 Å². The van der Waals surface area contributed by atoms with Crippen molar-refractivity contribution < 1.29 is 0 Å². The van der Waals surface area contributed by atoms with Gasteiger partial charge in [0.15, 0.2) is 5.13 Å². The minimum atomic E-state index is 0.824. The summed E-state index contributed by atoms with van der Waals surface area (Å²) in [6.07, 6.45) is 0. The van der Waals surface area contributed by atoms with Crippen molar-refractivity contribution in [2.45, 2.75) is 13.5 Å². The van der Waals surface area contributed by atoms with Gasteiger partial charge in [0.05, 0.1) is 10.6 Å². The standard InChI is InChI=1S/C14H19N3S/c1-4-15-10-12-13(11-8-6-5-7-9-11)18-14(16-12)17(2)3/h5-9,15H,4,10H2,1-3H3. The number of hydrogen-bond donors (Lipinski definition) is 1. The molecule has 0 spiro atoms. The molecule has 2 rings (SSSR count). The molecule has 0 aliphatic rings. The summed E-state index contributed by atoms with van der Waals surface area (Å²) < 4.78 is 0. The first-order valence-electron chi connectivity index (χ1n) is 6.15. The van der Waals surface area contributed by atoms with Gasteiger partial charge in [-0.15, -0.1) is 0 Å². The van der Waals surface area contributed by atoms with E-state index in [-0.39, 0.29) is 0 Å². The van der Waals surface area contributed by atoms with Crippen molar-refractivity contribution in [2.75, 3.05) is 25.5 Å². The van der Waals surface area contributed by atoms with Gasteiger partial charge in [0.2, 0.25) is 0 Å². The number of hydrogen-bond acceptors (Lipinski definition) is 4. The Balaban J connectivity index is 2.37. The van der Waals surface area contributed by atoms with Crippen LogP contribution in [0, 0.1) is 0 Å². The highest BCUT2D eigenvalue weighted by Crippen LogP contribution is 2.34. The molecule has 2 aromatic rings. The van der Waals surface area contributed by atoms with Crippen molar-refractivity contribution in [3.8, 4) is 10.4 Å². The molecule has 4 heteroatoms. The molecule has 1 N–H and O–H groups in total. The van der Waals surface area contributed by atoms with Gasteiger partial charge in [0, 0.05) is 20.6 Å². The van der Waals surface area contributed by atoms with E-state index in [1.54, 1.807) is 11.3 Å². The first-order valence-corrected chi connectivity index (χ1v) is 6.97. The Labute approximate surface area is 112 Å². The summed E-state index contributed by atoms with van der Waals surface area (Å²) in [6.45, 7) is 3.90. The first kappa shape index (κ1) is 13.1. The average molecular weight is 261 g/mol. The quantitative estimate of drug-likeness (QED) is 0.897. The Bertz CT molecular complexity index is 491. The number of anilines is 1. The minimum Gasteiger partial charge on any atom is -0.354 e. The lowest BCUT2D eigenvalue weighted by Crippen LogP contribution is -2.13. The van der Waals surface area contributed by atoms with Gasteiger partial charge < -0.3 is 10.2 Å². The first-order chi connectivity index (χ1) is 8.72. The van der Waals surface area contributed by atoms with E-state index >= 15 is 0 Å². The highest BCUT2D eigenvalue weighted by molar-refractivity contribution is 7.19. The number of rotatable bonds is 5. The summed E-state index contributed by atoms with van der Waals surface area (Å²) in [4.78, 5) is 8.03. The van der Waals surface area contributed by atoms with Crippen LogP contribution in [-0.4, -0.2) is 25.6 Å². The van der Waals surface area contributed by atoms with Gasteiger partial charge in [-0.2, -0.15) is 0 Å². The van der Waals surface area contributed by atoms with Gasteiger partial charge in [0.25, 0.3) is 0 Å². The molecule has 0 bridgehead atoms. The Morgan fingerprint density at radius 3 is 2.56 bits per heavy atom. The van der Waals surface area contributed by atoms with Crippen LogP contribution in [0.2, 0.25) is 0 Å². The van der Waals surface area contributed by atoms with Crippen LogP contribution < -0.4 is 10.2 Å². The van der Waals surface area contributed by atoms with E-state index < -0.39 is 0 Å². The molecule has 1 aromatic carbocycles. The smallest absolute Gasteiger partial charge is 0.185 e. The van der Waals surface area contributed by atoms with Gasteiger partial charge in [-0.05, 0) is 12.1 Å². The number of aromatic nitrogens is 1. The molecule has 0 aliphatic heterocycles. The second-order valence-corrected chi connectivity index (χ2v) is 5.29. The van der Waals surface area contributed by atoms with Crippen molar-refractivity contribution in [2.24, 2.45) is 0 Å².